The lowest BCUT2D eigenvalue weighted by Gasteiger charge is -2.22. The fourth-order valence-corrected chi connectivity index (χ4v) is 2.68. The third kappa shape index (κ3) is 3.26. The summed E-state index contributed by atoms with van der Waals surface area (Å²) in [5.74, 6) is 1.08. The Balaban J connectivity index is 1.96. The molecule has 1 amide bonds. The van der Waals surface area contributed by atoms with Gasteiger partial charge in [0.2, 0.25) is 0 Å². The number of anilines is 1. The highest BCUT2D eigenvalue weighted by Gasteiger charge is 2.21. The summed E-state index contributed by atoms with van der Waals surface area (Å²) in [6.07, 6.45) is 0. The summed E-state index contributed by atoms with van der Waals surface area (Å²) in [6, 6.07) is 10.8. The standard InChI is InChI=1S/C18H20N4O3/c1-4-22(12-6-8-13(9-7-12)25-5-2)18(23)14-10-15-16(20-21-19-15)11-17(14)24-3/h6-11H,4-5H2,1-3H3,(H,19,20,21). The second kappa shape index (κ2) is 7.21. The quantitative estimate of drug-likeness (QED) is 0.746. The van der Waals surface area contributed by atoms with Gasteiger partial charge in [-0.15, -0.1) is 0 Å². The highest BCUT2D eigenvalue weighted by atomic mass is 16.5. The van der Waals surface area contributed by atoms with Gasteiger partial charge in [0, 0.05) is 18.3 Å². The van der Waals surface area contributed by atoms with Crippen molar-refractivity contribution < 1.29 is 14.3 Å². The highest BCUT2D eigenvalue weighted by Crippen LogP contribution is 2.27. The SMILES string of the molecule is CCOc1ccc(N(CC)C(=O)c2cc3n[nH]nc3cc2OC)cc1. The van der Waals surface area contributed by atoms with Crippen LogP contribution in [0.2, 0.25) is 0 Å². The number of carbonyl (C=O) groups is 1. The molecule has 1 N–H and O–H groups in total. The molecule has 0 atom stereocenters. The van der Waals surface area contributed by atoms with E-state index in [0.717, 1.165) is 11.4 Å². The van der Waals surface area contributed by atoms with Crippen LogP contribution in [0.25, 0.3) is 11.0 Å². The number of amides is 1. The van der Waals surface area contributed by atoms with E-state index in [1.807, 2.05) is 38.1 Å². The maximum atomic E-state index is 13.1. The molecule has 0 aliphatic carbocycles. The van der Waals surface area contributed by atoms with Crippen LogP contribution in [0.3, 0.4) is 0 Å². The summed E-state index contributed by atoms with van der Waals surface area (Å²) >= 11 is 0. The summed E-state index contributed by atoms with van der Waals surface area (Å²) in [5.41, 5.74) is 2.50. The van der Waals surface area contributed by atoms with Gasteiger partial charge in [-0.2, -0.15) is 15.4 Å². The molecule has 0 aliphatic rings. The lowest BCUT2D eigenvalue weighted by atomic mass is 10.1. The molecule has 0 aliphatic heterocycles. The van der Waals surface area contributed by atoms with Crippen LogP contribution in [0.5, 0.6) is 11.5 Å². The van der Waals surface area contributed by atoms with E-state index in [0.29, 0.717) is 35.5 Å². The fourth-order valence-electron chi connectivity index (χ4n) is 2.68. The molecule has 2 aromatic carbocycles. The number of ether oxygens (including phenoxy) is 2. The minimum atomic E-state index is -0.159. The molecule has 0 radical (unpaired) electrons. The third-order valence-electron chi connectivity index (χ3n) is 3.89. The Bertz CT molecular complexity index is 874. The molecule has 3 rings (SSSR count). The van der Waals surface area contributed by atoms with Gasteiger partial charge < -0.3 is 14.4 Å². The van der Waals surface area contributed by atoms with Gasteiger partial charge in [-0.1, -0.05) is 0 Å². The minimum Gasteiger partial charge on any atom is -0.496 e. The average Bonchev–Trinajstić information content (AvgIpc) is 3.10. The lowest BCUT2D eigenvalue weighted by molar-refractivity contribution is 0.0985. The topological polar surface area (TPSA) is 80.3 Å². The Labute approximate surface area is 145 Å². The Morgan fingerprint density at radius 1 is 1.12 bits per heavy atom. The van der Waals surface area contributed by atoms with Crippen LogP contribution in [0.1, 0.15) is 24.2 Å². The first-order valence-electron chi connectivity index (χ1n) is 8.11. The van der Waals surface area contributed by atoms with Crippen LogP contribution in [0, 0.1) is 0 Å². The molecule has 25 heavy (non-hydrogen) atoms. The van der Waals surface area contributed by atoms with Crippen LogP contribution in [-0.2, 0) is 0 Å². The second-order valence-electron chi connectivity index (χ2n) is 5.34. The lowest BCUT2D eigenvalue weighted by Crippen LogP contribution is -2.30. The number of nitrogens with zero attached hydrogens (tertiary/aromatic N) is 3. The first-order chi connectivity index (χ1) is 12.2. The van der Waals surface area contributed by atoms with Gasteiger partial charge in [0.15, 0.2) is 0 Å². The number of methoxy groups -OCH3 is 1. The summed E-state index contributed by atoms with van der Waals surface area (Å²) in [5, 5.41) is 10.6. The molecule has 3 aromatic rings. The van der Waals surface area contributed by atoms with Crippen LogP contribution in [0.15, 0.2) is 36.4 Å². The van der Waals surface area contributed by atoms with Crippen molar-refractivity contribution in [3.05, 3.63) is 42.0 Å². The third-order valence-corrected chi connectivity index (χ3v) is 3.89. The zero-order valence-corrected chi connectivity index (χ0v) is 14.4. The van der Waals surface area contributed by atoms with Gasteiger partial charge in [-0.25, -0.2) is 0 Å². The van der Waals surface area contributed by atoms with E-state index in [4.69, 9.17) is 9.47 Å². The molecule has 7 heteroatoms. The van der Waals surface area contributed by atoms with Gasteiger partial charge in [0.1, 0.15) is 22.5 Å². The van der Waals surface area contributed by atoms with E-state index in [-0.39, 0.29) is 5.91 Å². The van der Waals surface area contributed by atoms with Crippen molar-refractivity contribution in [1.82, 2.24) is 15.4 Å². The molecular formula is C18H20N4O3. The maximum absolute atomic E-state index is 13.1. The summed E-state index contributed by atoms with van der Waals surface area (Å²) in [6.45, 7) is 4.98. The predicted octanol–water partition coefficient (Wildman–Crippen LogP) is 3.03. The molecule has 1 heterocycles. The number of carbonyl (C=O) groups excluding carboxylic acids is 1. The molecule has 0 bridgehead atoms. The molecule has 7 nitrogen and oxygen atoms in total. The van der Waals surface area contributed by atoms with Crippen molar-refractivity contribution in [3.63, 3.8) is 0 Å². The van der Waals surface area contributed by atoms with Crippen molar-refractivity contribution in [2.75, 3.05) is 25.2 Å². The van der Waals surface area contributed by atoms with Crippen molar-refractivity contribution in [2.45, 2.75) is 13.8 Å². The van der Waals surface area contributed by atoms with E-state index in [9.17, 15) is 4.79 Å². The second-order valence-corrected chi connectivity index (χ2v) is 5.34. The Morgan fingerprint density at radius 2 is 1.80 bits per heavy atom. The van der Waals surface area contributed by atoms with E-state index in [2.05, 4.69) is 15.4 Å². The van der Waals surface area contributed by atoms with E-state index in [1.54, 1.807) is 17.0 Å². The first-order valence-corrected chi connectivity index (χ1v) is 8.11. The number of aromatic amines is 1. The number of hydrogen-bond acceptors (Lipinski definition) is 5. The number of fused-ring (bicyclic) bond motifs is 1. The molecule has 130 valence electrons. The Kier molecular flexibility index (Phi) is 4.83. The summed E-state index contributed by atoms with van der Waals surface area (Å²) < 4.78 is 10.8. The molecule has 0 fully saturated rings. The molecule has 0 saturated heterocycles. The van der Waals surface area contributed by atoms with Crippen molar-refractivity contribution in [2.24, 2.45) is 0 Å². The molecule has 1 aromatic heterocycles. The zero-order valence-electron chi connectivity index (χ0n) is 14.4. The van der Waals surface area contributed by atoms with Crippen LogP contribution < -0.4 is 14.4 Å². The van der Waals surface area contributed by atoms with E-state index in [1.165, 1.54) is 7.11 Å². The van der Waals surface area contributed by atoms with Crippen molar-refractivity contribution >= 4 is 22.6 Å². The van der Waals surface area contributed by atoms with Crippen LogP contribution >= 0.6 is 0 Å². The van der Waals surface area contributed by atoms with Crippen molar-refractivity contribution in [3.8, 4) is 11.5 Å². The molecule has 0 spiro atoms. The number of H-pyrrole nitrogens is 1. The number of rotatable bonds is 6. The number of hydrogen-bond donors (Lipinski definition) is 1. The largest absolute Gasteiger partial charge is 0.496 e. The van der Waals surface area contributed by atoms with Crippen LogP contribution in [-0.4, -0.2) is 41.6 Å². The monoisotopic (exact) mass is 340 g/mol. The fraction of sp³-hybridized carbons (Fsp3) is 0.278. The van der Waals surface area contributed by atoms with E-state index < -0.39 is 0 Å². The number of benzene rings is 2. The normalized spacial score (nSPS) is 10.7. The highest BCUT2D eigenvalue weighted by molar-refractivity contribution is 6.09. The minimum absolute atomic E-state index is 0.159. The molecule has 0 saturated carbocycles. The first kappa shape index (κ1) is 16.8. The number of nitrogens with one attached hydrogen (secondary N) is 1. The van der Waals surface area contributed by atoms with Crippen molar-refractivity contribution in [1.29, 1.82) is 0 Å². The van der Waals surface area contributed by atoms with Gasteiger partial charge in [-0.05, 0) is 44.2 Å². The Morgan fingerprint density at radius 3 is 2.40 bits per heavy atom. The summed E-state index contributed by atoms with van der Waals surface area (Å²) in [7, 11) is 1.53. The molecular weight excluding hydrogens is 320 g/mol. The van der Waals surface area contributed by atoms with Gasteiger partial charge in [-0.3, -0.25) is 4.79 Å². The predicted molar refractivity (Wildman–Crippen MR) is 95.4 cm³/mol. The van der Waals surface area contributed by atoms with Crippen LogP contribution in [0.4, 0.5) is 5.69 Å². The zero-order chi connectivity index (χ0) is 17.8. The van der Waals surface area contributed by atoms with Gasteiger partial charge in [0.25, 0.3) is 5.91 Å². The van der Waals surface area contributed by atoms with Gasteiger partial charge in [0.05, 0.1) is 19.3 Å². The summed E-state index contributed by atoms with van der Waals surface area (Å²) in [4.78, 5) is 14.8. The average molecular weight is 340 g/mol. The molecule has 0 unspecified atom stereocenters. The van der Waals surface area contributed by atoms with Gasteiger partial charge >= 0.3 is 0 Å². The maximum Gasteiger partial charge on any atom is 0.262 e. The Hall–Kier alpha value is -3.09. The smallest absolute Gasteiger partial charge is 0.262 e. The number of aromatic nitrogens is 3. The van der Waals surface area contributed by atoms with E-state index >= 15 is 0 Å².